The molecule has 34 heavy (non-hydrogen) atoms. The van der Waals surface area contributed by atoms with Gasteiger partial charge in [-0.15, -0.1) is 0 Å². The Labute approximate surface area is 190 Å². The van der Waals surface area contributed by atoms with E-state index in [1.807, 2.05) is 0 Å². The maximum Gasteiger partial charge on any atom is 0.419 e. The van der Waals surface area contributed by atoms with E-state index in [4.69, 9.17) is 5.73 Å². The third-order valence-corrected chi connectivity index (χ3v) is 6.87. The van der Waals surface area contributed by atoms with Crippen molar-refractivity contribution in [2.24, 2.45) is 18.7 Å². The number of nitrogens with two attached hydrogens (primary N) is 1. The molecule has 3 aromatic rings. The van der Waals surface area contributed by atoms with Crippen molar-refractivity contribution in [1.82, 2.24) is 14.8 Å². The molecule has 1 aromatic carbocycles. The molecule has 0 radical (unpaired) electrons. The molecule has 0 bridgehead atoms. The van der Waals surface area contributed by atoms with Gasteiger partial charge in [-0.2, -0.15) is 18.3 Å². The Morgan fingerprint density at radius 2 is 1.94 bits per heavy atom. The largest absolute Gasteiger partial charge is 0.503 e. The Morgan fingerprint density at radius 1 is 1.24 bits per heavy atom. The molecule has 1 saturated heterocycles. The van der Waals surface area contributed by atoms with Crippen molar-refractivity contribution in [3.05, 3.63) is 35.5 Å². The van der Waals surface area contributed by atoms with Gasteiger partial charge in [-0.05, 0) is 31.7 Å². The van der Waals surface area contributed by atoms with Gasteiger partial charge in [0.05, 0.1) is 11.1 Å². The van der Waals surface area contributed by atoms with Crippen LogP contribution in [-0.2, 0) is 18.0 Å². The number of aryl methyl sites for hydroxylation is 1. The molecule has 7 nitrogen and oxygen atoms in total. The number of piperidine rings is 1. The van der Waals surface area contributed by atoms with Gasteiger partial charge in [0.2, 0.25) is 5.91 Å². The Balaban J connectivity index is 1.59. The first-order valence-electron chi connectivity index (χ1n) is 10.6. The Hall–Kier alpha value is -3.44. The van der Waals surface area contributed by atoms with Crippen molar-refractivity contribution in [1.29, 1.82) is 0 Å². The molecule has 1 aliphatic heterocycles. The summed E-state index contributed by atoms with van der Waals surface area (Å²) in [6.45, 7) is 0.562. The van der Waals surface area contributed by atoms with Gasteiger partial charge >= 0.3 is 6.18 Å². The second kappa shape index (κ2) is 7.28. The molecular weight excluding hydrogens is 461 g/mol. The summed E-state index contributed by atoms with van der Waals surface area (Å²) in [6, 6.07) is 2.00. The van der Waals surface area contributed by atoms with Crippen LogP contribution >= 0.6 is 0 Å². The van der Waals surface area contributed by atoms with Crippen LogP contribution in [0.5, 0.6) is 5.75 Å². The zero-order valence-corrected chi connectivity index (χ0v) is 18.0. The van der Waals surface area contributed by atoms with E-state index in [1.54, 1.807) is 6.07 Å². The molecule has 1 amide bonds. The number of primary amides is 1. The quantitative estimate of drug-likeness (QED) is 0.554. The lowest BCUT2D eigenvalue weighted by Gasteiger charge is -2.40. The molecule has 1 aliphatic carbocycles. The summed E-state index contributed by atoms with van der Waals surface area (Å²) in [6.07, 6.45) is -0.806. The van der Waals surface area contributed by atoms with E-state index in [9.17, 15) is 31.9 Å². The SMILES string of the molecule is Cn1nc(-c2cc(C(F)(F)F)c(F)c(O)c2F)c2cnc(N3CCC(C(N)=O)CC34CC4)cc21. The van der Waals surface area contributed by atoms with E-state index in [2.05, 4.69) is 15.0 Å². The summed E-state index contributed by atoms with van der Waals surface area (Å²) in [5.41, 5.74) is 3.06. The number of alkyl halides is 3. The molecule has 5 rings (SSSR count). The number of halogens is 5. The number of pyridine rings is 1. The minimum Gasteiger partial charge on any atom is -0.503 e. The fourth-order valence-electron chi connectivity index (χ4n) is 4.90. The molecule has 1 unspecified atom stereocenters. The monoisotopic (exact) mass is 481 g/mol. The number of aromatic hydroxyl groups is 1. The summed E-state index contributed by atoms with van der Waals surface area (Å²) in [5, 5.41) is 14.1. The van der Waals surface area contributed by atoms with E-state index in [1.165, 1.54) is 17.9 Å². The normalized spacial score (nSPS) is 19.7. The van der Waals surface area contributed by atoms with E-state index in [0.29, 0.717) is 36.8 Å². The number of phenols is 1. The Bertz CT molecular complexity index is 1330. The van der Waals surface area contributed by atoms with Crippen molar-refractivity contribution in [2.45, 2.75) is 37.4 Å². The number of rotatable bonds is 3. The van der Waals surface area contributed by atoms with E-state index in [-0.39, 0.29) is 28.4 Å². The summed E-state index contributed by atoms with van der Waals surface area (Å²) >= 11 is 0. The van der Waals surface area contributed by atoms with Gasteiger partial charge in [0.15, 0.2) is 17.4 Å². The molecule has 3 N–H and O–H groups in total. The van der Waals surface area contributed by atoms with Crippen LogP contribution in [0.3, 0.4) is 0 Å². The highest BCUT2D eigenvalue weighted by atomic mass is 19.4. The second-order valence-corrected chi connectivity index (χ2v) is 8.95. The molecule has 2 aliphatic rings. The Morgan fingerprint density at radius 3 is 2.56 bits per heavy atom. The van der Waals surface area contributed by atoms with Crippen LogP contribution in [0, 0.1) is 17.6 Å². The van der Waals surface area contributed by atoms with E-state index >= 15 is 0 Å². The van der Waals surface area contributed by atoms with Crippen LogP contribution in [0.25, 0.3) is 22.2 Å². The van der Waals surface area contributed by atoms with Gasteiger partial charge in [-0.3, -0.25) is 9.48 Å². The number of phenolic OH excluding ortho intramolecular Hbond substituents is 1. The molecule has 1 atom stereocenters. The standard InChI is InChI=1S/C22H20F5N5O2/c1-31-14-7-15(32-5-2-10(20(28)34)8-21(32)3-4-21)29-9-12(14)18(30-31)11-6-13(22(25,26)27)17(24)19(33)16(11)23/h6-7,9-10,33H,2-5,8H2,1H3,(H2,28,34). The van der Waals surface area contributed by atoms with Crippen molar-refractivity contribution in [3.63, 3.8) is 0 Å². The highest BCUT2D eigenvalue weighted by Gasteiger charge is 2.53. The van der Waals surface area contributed by atoms with Gasteiger partial charge in [0.1, 0.15) is 11.5 Å². The number of hydrogen-bond donors (Lipinski definition) is 2. The van der Waals surface area contributed by atoms with Crippen molar-refractivity contribution in [2.75, 3.05) is 11.4 Å². The van der Waals surface area contributed by atoms with Crippen LogP contribution in [0.1, 0.15) is 31.2 Å². The predicted octanol–water partition coefficient (Wildman–Crippen LogP) is 3.87. The lowest BCUT2D eigenvalue weighted by atomic mass is 9.88. The van der Waals surface area contributed by atoms with Crippen molar-refractivity contribution in [3.8, 4) is 17.0 Å². The summed E-state index contributed by atoms with van der Waals surface area (Å²) in [4.78, 5) is 18.2. The molecule has 1 saturated carbocycles. The zero-order chi connectivity index (χ0) is 24.6. The summed E-state index contributed by atoms with van der Waals surface area (Å²) in [7, 11) is 1.54. The third kappa shape index (κ3) is 3.34. The van der Waals surface area contributed by atoms with Crippen molar-refractivity contribution >= 4 is 22.6 Å². The van der Waals surface area contributed by atoms with E-state index < -0.39 is 34.7 Å². The Kier molecular flexibility index (Phi) is 4.79. The van der Waals surface area contributed by atoms with Gasteiger partial charge in [-0.25, -0.2) is 13.8 Å². The van der Waals surface area contributed by atoms with Gasteiger partial charge < -0.3 is 15.7 Å². The molecule has 2 fully saturated rings. The zero-order valence-electron chi connectivity index (χ0n) is 18.0. The van der Waals surface area contributed by atoms with Gasteiger partial charge in [0.25, 0.3) is 0 Å². The molecular formula is C22H20F5N5O2. The van der Waals surface area contributed by atoms with Crippen LogP contribution in [-0.4, -0.2) is 37.9 Å². The van der Waals surface area contributed by atoms with Crippen molar-refractivity contribution < 1.29 is 31.9 Å². The smallest absolute Gasteiger partial charge is 0.419 e. The number of carbonyl (C=O) groups excluding carboxylic acids is 1. The van der Waals surface area contributed by atoms with Crippen LogP contribution in [0.2, 0.25) is 0 Å². The fraction of sp³-hybridized carbons (Fsp3) is 0.409. The van der Waals surface area contributed by atoms with Crippen LogP contribution in [0.4, 0.5) is 27.8 Å². The number of benzene rings is 1. The first-order chi connectivity index (χ1) is 15.9. The molecule has 3 heterocycles. The molecule has 1 spiro atoms. The lowest BCUT2D eigenvalue weighted by Crippen LogP contribution is -2.47. The number of anilines is 1. The van der Waals surface area contributed by atoms with Gasteiger partial charge in [-0.1, -0.05) is 0 Å². The lowest BCUT2D eigenvalue weighted by molar-refractivity contribution is -0.140. The minimum absolute atomic E-state index is 0.205. The third-order valence-electron chi connectivity index (χ3n) is 6.87. The average molecular weight is 481 g/mol. The topological polar surface area (TPSA) is 97.3 Å². The van der Waals surface area contributed by atoms with Crippen LogP contribution in [0.15, 0.2) is 18.3 Å². The maximum atomic E-state index is 14.7. The number of amides is 1. The minimum atomic E-state index is -5.14. The number of aromatic nitrogens is 3. The highest BCUT2D eigenvalue weighted by molar-refractivity contribution is 5.94. The highest BCUT2D eigenvalue weighted by Crippen LogP contribution is 2.51. The van der Waals surface area contributed by atoms with Crippen LogP contribution < -0.4 is 10.6 Å². The number of nitrogens with zero attached hydrogens (tertiary/aromatic N) is 4. The first kappa shape index (κ1) is 22.4. The molecule has 180 valence electrons. The first-order valence-corrected chi connectivity index (χ1v) is 10.6. The van der Waals surface area contributed by atoms with E-state index in [0.717, 1.165) is 12.8 Å². The number of hydrogen-bond acceptors (Lipinski definition) is 5. The number of carbonyl (C=O) groups is 1. The maximum absolute atomic E-state index is 14.7. The predicted molar refractivity (Wildman–Crippen MR) is 112 cm³/mol. The molecule has 2 aromatic heterocycles. The average Bonchev–Trinajstić information content (AvgIpc) is 3.46. The molecule has 12 heteroatoms. The van der Waals surface area contributed by atoms with Gasteiger partial charge in [0, 0.05) is 48.3 Å². The fourth-order valence-corrected chi connectivity index (χ4v) is 4.90. The second-order valence-electron chi connectivity index (χ2n) is 8.95. The summed E-state index contributed by atoms with van der Waals surface area (Å²) < 4.78 is 69.7. The number of fused-ring (bicyclic) bond motifs is 1. The summed E-state index contributed by atoms with van der Waals surface area (Å²) in [5.74, 6) is -5.28.